The fourth-order valence-corrected chi connectivity index (χ4v) is 2.54. The first-order valence-electron chi connectivity index (χ1n) is 8.62. The lowest BCUT2D eigenvalue weighted by Gasteiger charge is -2.13. The van der Waals surface area contributed by atoms with Crippen LogP contribution >= 0.6 is 0 Å². The highest BCUT2D eigenvalue weighted by molar-refractivity contribution is 6.04. The Kier molecular flexibility index (Phi) is 5.61. The van der Waals surface area contributed by atoms with Gasteiger partial charge in [-0.25, -0.2) is 4.98 Å². The van der Waals surface area contributed by atoms with Crippen LogP contribution in [0, 0.1) is 12.8 Å². The summed E-state index contributed by atoms with van der Waals surface area (Å²) in [5.74, 6) is -0.608. The van der Waals surface area contributed by atoms with Crippen LogP contribution < -0.4 is 10.6 Å². The van der Waals surface area contributed by atoms with E-state index in [0.29, 0.717) is 23.5 Å². The molecule has 1 heterocycles. The molecule has 27 heavy (non-hydrogen) atoms. The summed E-state index contributed by atoms with van der Waals surface area (Å²) < 4.78 is 1.61. The molecule has 3 rings (SSSR count). The smallest absolute Gasteiger partial charge is 0.255 e. The number of nitrogens with zero attached hydrogens (tertiary/aromatic N) is 3. The predicted octanol–water partition coefficient (Wildman–Crippen LogP) is 3.11. The van der Waals surface area contributed by atoms with Crippen molar-refractivity contribution in [3.05, 3.63) is 72.3 Å². The predicted molar refractivity (Wildman–Crippen MR) is 103 cm³/mol. The van der Waals surface area contributed by atoms with Crippen LogP contribution in [0.3, 0.4) is 0 Å². The van der Waals surface area contributed by atoms with Crippen molar-refractivity contribution in [1.29, 1.82) is 0 Å². The summed E-state index contributed by atoms with van der Waals surface area (Å²) in [6.07, 6.45) is 3.01. The SMILES string of the molecule is Cc1ccc(C(=O)Nc2cccc(NC(=O)C(C)Cn3cncn3)c2)cc1. The van der Waals surface area contributed by atoms with Crippen LogP contribution in [0.5, 0.6) is 0 Å². The average Bonchev–Trinajstić information content (AvgIpc) is 3.15. The van der Waals surface area contributed by atoms with Crippen molar-refractivity contribution in [2.24, 2.45) is 5.92 Å². The van der Waals surface area contributed by atoms with Crippen molar-refractivity contribution in [2.45, 2.75) is 20.4 Å². The number of nitrogens with one attached hydrogen (secondary N) is 2. The van der Waals surface area contributed by atoms with Crippen LogP contribution in [-0.4, -0.2) is 26.6 Å². The number of hydrogen-bond acceptors (Lipinski definition) is 4. The zero-order valence-electron chi connectivity index (χ0n) is 15.2. The number of aryl methyl sites for hydroxylation is 1. The molecular weight excluding hydrogens is 342 g/mol. The van der Waals surface area contributed by atoms with Crippen LogP contribution in [0.15, 0.2) is 61.2 Å². The normalized spacial score (nSPS) is 11.6. The second-order valence-corrected chi connectivity index (χ2v) is 6.41. The van der Waals surface area contributed by atoms with Crippen LogP contribution in [0.4, 0.5) is 11.4 Å². The molecule has 0 aliphatic rings. The molecule has 0 bridgehead atoms. The van der Waals surface area contributed by atoms with Gasteiger partial charge >= 0.3 is 0 Å². The first kappa shape index (κ1) is 18.3. The van der Waals surface area contributed by atoms with E-state index in [2.05, 4.69) is 20.7 Å². The molecule has 0 radical (unpaired) electrons. The number of carbonyl (C=O) groups is 2. The monoisotopic (exact) mass is 363 g/mol. The fraction of sp³-hybridized carbons (Fsp3) is 0.200. The zero-order chi connectivity index (χ0) is 19.2. The van der Waals surface area contributed by atoms with E-state index in [0.717, 1.165) is 5.56 Å². The Morgan fingerprint density at radius 1 is 1.07 bits per heavy atom. The maximum atomic E-state index is 12.4. The lowest BCUT2D eigenvalue weighted by Crippen LogP contribution is -2.24. The summed E-state index contributed by atoms with van der Waals surface area (Å²) in [6.45, 7) is 4.23. The Morgan fingerprint density at radius 3 is 2.44 bits per heavy atom. The molecule has 0 fully saturated rings. The van der Waals surface area contributed by atoms with E-state index in [4.69, 9.17) is 0 Å². The number of rotatable bonds is 6. The first-order chi connectivity index (χ1) is 13.0. The molecule has 0 spiro atoms. The molecule has 2 amide bonds. The van der Waals surface area contributed by atoms with Crippen molar-refractivity contribution in [3.8, 4) is 0 Å². The molecule has 7 heteroatoms. The molecule has 0 aliphatic carbocycles. The summed E-state index contributed by atoms with van der Waals surface area (Å²) in [6, 6.07) is 14.4. The zero-order valence-corrected chi connectivity index (χ0v) is 15.2. The van der Waals surface area contributed by atoms with Crippen molar-refractivity contribution >= 4 is 23.2 Å². The van der Waals surface area contributed by atoms with Crippen molar-refractivity contribution < 1.29 is 9.59 Å². The highest BCUT2D eigenvalue weighted by atomic mass is 16.2. The minimum Gasteiger partial charge on any atom is -0.326 e. The van der Waals surface area contributed by atoms with Crippen LogP contribution in [0.2, 0.25) is 0 Å². The van der Waals surface area contributed by atoms with Crippen molar-refractivity contribution in [2.75, 3.05) is 10.6 Å². The van der Waals surface area contributed by atoms with Gasteiger partial charge in [-0.1, -0.05) is 30.7 Å². The van der Waals surface area contributed by atoms with Gasteiger partial charge in [0.2, 0.25) is 5.91 Å². The average molecular weight is 363 g/mol. The standard InChI is InChI=1S/C20H21N5O2/c1-14-6-8-16(9-7-14)20(27)24-18-5-3-4-17(10-18)23-19(26)15(2)11-25-13-21-12-22-25/h3-10,12-13,15H,11H2,1-2H3,(H,23,26)(H,24,27). The Bertz CT molecular complexity index is 920. The summed E-state index contributed by atoms with van der Waals surface area (Å²) in [5, 5.41) is 9.71. The number of benzene rings is 2. The Balaban J connectivity index is 1.62. The second kappa shape index (κ2) is 8.27. The van der Waals surface area contributed by atoms with Gasteiger partial charge in [-0.2, -0.15) is 5.10 Å². The maximum Gasteiger partial charge on any atom is 0.255 e. The topological polar surface area (TPSA) is 88.9 Å². The quantitative estimate of drug-likeness (QED) is 0.704. The molecule has 0 saturated heterocycles. The van der Waals surface area contributed by atoms with E-state index < -0.39 is 0 Å². The minimum atomic E-state index is -0.280. The number of anilines is 2. The molecule has 1 aromatic heterocycles. The molecule has 7 nitrogen and oxygen atoms in total. The van der Waals surface area contributed by atoms with Crippen molar-refractivity contribution in [1.82, 2.24) is 14.8 Å². The largest absolute Gasteiger partial charge is 0.326 e. The number of carbonyl (C=O) groups excluding carboxylic acids is 2. The molecule has 1 unspecified atom stereocenters. The third-order valence-corrected chi connectivity index (χ3v) is 4.08. The minimum absolute atomic E-state index is 0.132. The Morgan fingerprint density at radius 2 is 1.78 bits per heavy atom. The van der Waals surface area contributed by atoms with Gasteiger partial charge in [-0.15, -0.1) is 0 Å². The van der Waals surface area contributed by atoms with E-state index in [-0.39, 0.29) is 17.7 Å². The van der Waals surface area contributed by atoms with E-state index in [1.807, 2.05) is 26.0 Å². The second-order valence-electron chi connectivity index (χ2n) is 6.41. The third-order valence-electron chi connectivity index (χ3n) is 4.08. The van der Waals surface area contributed by atoms with Gasteiger partial charge in [0.1, 0.15) is 12.7 Å². The summed E-state index contributed by atoms with van der Waals surface area (Å²) in [4.78, 5) is 28.6. The summed E-state index contributed by atoms with van der Waals surface area (Å²) >= 11 is 0. The Labute approximate surface area is 157 Å². The molecular formula is C20H21N5O2. The lowest BCUT2D eigenvalue weighted by atomic mass is 10.1. The highest BCUT2D eigenvalue weighted by Gasteiger charge is 2.14. The molecule has 2 N–H and O–H groups in total. The van der Waals surface area contributed by atoms with E-state index in [1.54, 1.807) is 47.4 Å². The van der Waals surface area contributed by atoms with Gasteiger partial charge in [0.15, 0.2) is 0 Å². The maximum absolute atomic E-state index is 12.4. The van der Waals surface area contributed by atoms with Gasteiger partial charge in [0, 0.05) is 16.9 Å². The molecule has 1 atom stereocenters. The van der Waals surface area contributed by atoms with Gasteiger partial charge in [0.05, 0.1) is 12.5 Å². The van der Waals surface area contributed by atoms with Crippen molar-refractivity contribution in [3.63, 3.8) is 0 Å². The van der Waals surface area contributed by atoms with Gasteiger partial charge in [0.25, 0.3) is 5.91 Å². The molecule has 3 aromatic rings. The highest BCUT2D eigenvalue weighted by Crippen LogP contribution is 2.17. The number of hydrogen-bond donors (Lipinski definition) is 2. The Hall–Kier alpha value is -3.48. The molecule has 138 valence electrons. The number of amides is 2. The molecule has 0 aliphatic heterocycles. The summed E-state index contributed by atoms with van der Waals surface area (Å²) in [5.41, 5.74) is 2.90. The van der Waals surface area contributed by atoms with Crippen LogP contribution in [-0.2, 0) is 11.3 Å². The van der Waals surface area contributed by atoms with Gasteiger partial charge in [-0.05, 0) is 37.3 Å². The van der Waals surface area contributed by atoms with Gasteiger partial charge < -0.3 is 10.6 Å². The van der Waals surface area contributed by atoms with Crippen LogP contribution in [0.25, 0.3) is 0 Å². The van der Waals surface area contributed by atoms with Gasteiger partial charge in [-0.3, -0.25) is 14.3 Å². The fourth-order valence-electron chi connectivity index (χ4n) is 2.54. The number of aromatic nitrogens is 3. The molecule has 0 saturated carbocycles. The van der Waals surface area contributed by atoms with E-state index in [9.17, 15) is 9.59 Å². The van der Waals surface area contributed by atoms with E-state index in [1.165, 1.54) is 6.33 Å². The first-order valence-corrected chi connectivity index (χ1v) is 8.62. The van der Waals surface area contributed by atoms with Crippen LogP contribution in [0.1, 0.15) is 22.8 Å². The lowest BCUT2D eigenvalue weighted by molar-refractivity contribution is -0.119. The third kappa shape index (κ3) is 5.01. The molecule has 2 aromatic carbocycles. The summed E-state index contributed by atoms with van der Waals surface area (Å²) in [7, 11) is 0. The van der Waals surface area contributed by atoms with E-state index >= 15 is 0 Å².